The highest BCUT2D eigenvalue weighted by atomic mass is 35.5. The highest BCUT2D eigenvalue weighted by molar-refractivity contribution is 6.36. The maximum Gasteiger partial charge on any atom is 0.242 e. The van der Waals surface area contributed by atoms with Gasteiger partial charge in [-0.2, -0.15) is 0 Å². The molecule has 2 amide bonds. The maximum atomic E-state index is 13.3. The fourth-order valence-electron chi connectivity index (χ4n) is 4.09. The van der Waals surface area contributed by atoms with E-state index in [-0.39, 0.29) is 24.3 Å². The Bertz CT molecular complexity index is 862. The number of hydrogen-bond donors (Lipinski definition) is 1. The van der Waals surface area contributed by atoms with E-state index in [4.69, 9.17) is 23.2 Å². The molecule has 166 valence electrons. The third-order valence-corrected chi connectivity index (χ3v) is 6.70. The molecular formula is C25H30Cl2N2O2. The zero-order chi connectivity index (χ0) is 22.2. The van der Waals surface area contributed by atoms with E-state index in [0.29, 0.717) is 28.6 Å². The van der Waals surface area contributed by atoms with Crippen molar-refractivity contribution in [2.24, 2.45) is 0 Å². The van der Waals surface area contributed by atoms with E-state index in [2.05, 4.69) is 5.32 Å². The molecule has 0 unspecified atom stereocenters. The summed E-state index contributed by atoms with van der Waals surface area (Å²) in [6.07, 6.45) is 6.25. The van der Waals surface area contributed by atoms with Crippen LogP contribution >= 0.6 is 23.2 Å². The number of hydrogen-bond acceptors (Lipinski definition) is 2. The predicted octanol–water partition coefficient (Wildman–Crippen LogP) is 5.44. The lowest BCUT2D eigenvalue weighted by atomic mass is 9.95. The summed E-state index contributed by atoms with van der Waals surface area (Å²) in [6.45, 7) is 2.25. The Kier molecular flexibility index (Phi) is 8.79. The predicted molar refractivity (Wildman–Crippen MR) is 127 cm³/mol. The van der Waals surface area contributed by atoms with E-state index in [1.54, 1.807) is 30.0 Å². The first-order valence-electron chi connectivity index (χ1n) is 11.0. The molecule has 4 nitrogen and oxygen atoms in total. The molecule has 31 heavy (non-hydrogen) atoms. The van der Waals surface area contributed by atoms with Crippen LogP contribution in [-0.2, 0) is 22.4 Å². The van der Waals surface area contributed by atoms with Gasteiger partial charge in [0, 0.05) is 22.6 Å². The topological polar surface area (TPSA) is 49.4 Å². The van der Waals surface area contributed by atoms with Gasteiger partial charge in [-0.25, -0.2) is 0 Å². The molecule has 1 fully saturated rings. The Balaban J connectivity index is 1.74. The molecule has 1 aliphatic carbocycles. The van der Waals surface area contributed by atoms with Crippen LogP contribution in [0.25, 0.3) is 0 Å². The smallest absolute Gasteiger partial charge is 0.242 e. The molecule has 3 rings (SSSR count). The molecule has 0 heterocycles. The molecule has 0 spiro atoms. The van der Waals surface area contributed by atoms with Crippen LogP contribution in [0.4, 0.5) is 0 Å². The van der Waals surface area contributed by atoms with Crippen molar-refractivity contribution in [1.29, 1.82) is 0 Å². The van der Waals surface area contributed by atoms with Crippen LogP contribution in [0.15, 0.2) is 48.5 Å². The van der Waals surface area contributed by atoms with Crippen LogP contribution in [0.5, 0.6) is 0 Å². The van der Waals surface area contributed by atoms with Crippen molar-refractivity contribution in [3.8, 4) is 0 Å². The second-order valence-corrected chi connectivity index (χ2v) is 9.03. The van der Waals surface area contributed by atoms with Crippen molar-refractivity contribution >= 4 is 35.0 Å². The number of nitrogens with zero attached hydrogens (tertiary/aromatic N) is 1. The molecular weight excluding hydrogens is 431 g/mol. The minimum absolute atomic E-state index is 0.0638. The molecule has 0 saturated heterocycles. The van der Waals surface area contributed by atoms with Gasteiger partial charge in [0.15, 0.2) is 0 Å². The summed E-state index contributed by atoms with van der Waals surface area (Å²) in [5, 5.41) is 4.08. The molecule has 0 radical (unpaired) electrons. The highest BCUT2D eigenvalue weighted by Crippen LogP contribution is 2.25. The number of nitrogens with one attached hydrogen (secondary N) is 1. The van der Waals surface area contributed by atoms with Crippen molar-refractivity contribution in [2.75, 3.05) is 6.54 Å². The van der Waals surface area contributed by atoms with Gasteiger partial charge in [0.25, 0.3) is 0 Å². The number of carbonyl (C=O) groups is 2. The molecule has 1 aliphatic rings. The van der Waals surface area contributed by atoms with Crippen molar-refractivity contribution in [2.45, 2.75) is 64.0 Å². The molecule has 0 bridgehead atoms. The second kappa shape index (κ2) is 11.5. The molecule has 1 atom stereocenters. The van der Waals surface area contributed by atoms with E-state index in [1.165, 1.54) is 6.42 Å². The monoisotopic (exact) mass is 460 g/mol. The van der Waals surface area contributed by atoms with E-state index in [0.717, 1.165) is 31.2 Å². The van der Waals surface area contributed by atoms with Crippen molar-refractivity contribution < 1.29 is 9.59 Å². The zero-order valence-corrected chi connectivity index (χ0v) is 19.5. The van der Waals surface area contributed by atoms with Crippen LogP contribution in [0.3, 0.4) is 0 Å². The number of carbonyl (C=O) groups excluding carboxylic acids is 2. The first-order chi connectivity index (χ1) is 15.0. The normalized spacial score (nSPS) is 15.3. The van der Waals surface area contributed by atoms with Crippen LogP contribution in [0, 0.1) is 0 Å². The lowest BCUT2D eigenvalue weighted by Crippen LogP contribution is -2.51. The third-order valence-electron chi connectivity index (χ3n) is 5.99. The summed E-state index contributed by atoms with van der Waals surface area (Å²) in [5.74, 6) is -0.254. The average molecular weight is 461 g/mol. The highest BCUT2D eigenvalue weighted by Gasteiger charge is 2.28. The standard InChI is InChI=1S/C25H30Cl2N2O2/c1-18(25(31)28-20-11-6-3-7-12-20)29(16-15-19-9-4-2-5-10-19)24(30)17-21-22(26)13-8-14-23(21)27/h2,4-5,8-10,13-14,18,20H,3,6-7,11-12,15-17H2,1H3,(H,28,31)/t18-/m1/s1. The van der Waals surface area contributed by atoms with Gasteiger partial charge in [-0.15, -0.1) is 0 Å². The van der Waals surface area contributed by atoms with Gasteiger partial charge < -0.3 is 10.2 Å². The van der Waals surface area contributed by atoms with Crippen molar-refractivity contribution in [1.82, 2.24) is 10.2 Å². The van der Waals surface area contributed by atoms with Crippen LogP contribution in [-0.4, -0.2) is 35.3 Å². The van der Waals surface area contributed by atoms with Crippen molar-refractivity contribution in [3.05, 3.63) is 69.7 Å². The average Bonchev–Trinajstić information content (AvgIpc) is 2.77. The van der Waals surface area contributed by atoms with Gasteiger partial charge in [-0.1, -0.05) is 78.9 Å². The minimum Gasteiger partial charge on any atom is -0.352 e. The number of benzene rings is 2. The molecule has 1 N–H and O–H groups in total. The number of amides is 2. The van der Waals surface area contributed by atoms with Gasteiger partial charge in [0.05, 0.1) is 6.42 Å². The molecule has 2 aromatic rings. The Morgan fingerprint density at radius 2 is 1.65 bits per heavy atom. The maximum absolute atomic E-state index is 13.3. The molecule has 2 aromatic carbocycles. The number of rotatable bonds is 8. The van der Waals surface area contributed by atoms with Crippen LogP contribution in [0.1, 0.15) is 50.2 Å². The molecule has 6 heteroatoms. The fourth-order valence-corrected chi connectivity index (χ4v) is 4.62. The SMILES string of the molecule is C[C@H](C(=O)NC1CCCCC1)N(CCc1ccccc1)C(=O)Cc1c(Cl)cccc1Cl. The summed E-state index contributed by atoms with van der Waals surface area (Å²) in [6, 6.07) is 14.8. The Hall–Kier alpha value is -2.04. The summed E-state index contributed by atoms with van der Waals surface area (Å²) >= 11 is 12.6. The zero-order valence-electron chi connectivity index (χ0n) is 17.9. The fraction of sp³-hybridized carbons (Fsp3) is 0.440. The quantitative estimate of drug-likeness (QED) is 0.569. The van der Waals surface area contributed by atoms with Gasteiger partial charge >= 0.3 is 0 Å². The van der Waals surface area contributed by atoms with Crippen LogP contribution in [0.2, 0.25) is 10.0 Å². The number of halogens is 2. The second-order valence-electron chi connectivity index (χ2n) is 8.22. The molecule has 0 aliphatic heterocycles. The van der Waals surface area contributed by atoms with Crippen LogP contribution < -0.4 is 5.32 Å². The summed E-state index contributed by atoms with van der Waals surface area (Å²) < 4.78 is 0. The van der Waals surface area contributed by atoms with Gasteiger partial charge in [0.1, 0.15) is 6.04 Å². The van der Waals surface area contributed by atoms with Gasteiger partial charge in [-0.05, 0) is 49.4 Å². The molecule has 1 saturated carbocycles. The molecule has 0 aromatic heterocycles. The van der Waals surface area contributed by atoms with E-state index >= 15 is 0 Å². The van der Waals surface area contributed by atoms with E-state index in [1.807, 2.05) is 30.3 Å². The van der Waals surface area contributed by atoms with Gasteiger partial charge in [0.2, 0.25) is 11.8 Å². The van der Waals surface area contributed by atoms with E-state index < -0.39 is 6.04 Å². The van der Waals surface area contributed by atoms with E-state index in [9.17, 15) is 9.59 Å². The largest absolute Gasteiger partial charge is 0.352 e. The Morgan fingerprint density at radius 1 is 1.00 bits per heavy atom. The Morgan fingerprint density at radius 3 is 2.29 bits per heavy atom. The Labute approximate surface area is 194 Å². The first kappa shape index (κ1) is 23.6. The minimum atomic E-state index is -0.570. The van der Waals surface area contributed by atoms with Crippen molar-refractivity contribution in [3.63, 3.8) is 0 Å². The summed E-state index contributed by atoms with van der Waals surface area (Å²) in [4.78, 5) is 28.0. The lowest BCUT2D eigenvalue weighted by molar-refractivity contribution is -0.139. The third kappa shape index (κ3) is 6.72. The summed E-state index contributed by atoms with van der Waals surface area (Å²) in [7, 11) is 0. The van der Waals surface area contributed by atoms with Gasteiger partial charge in [-0.3, -0.25) is 9.59 Å². The first-order valence-corrected chi connectivity index (χ1v) is 11.8. The lowest BCUT2D eigenvalue weighted by Gasteiger charge is -2.31. The summed E-state index contributed by atoms with van der Waals surface area (Å²) in [5.41, 5.74) is 1.72.